The van der Waals surface area contributed by atoms with Gasteiger partial charge in [0.25, 0.3) is 0 Å². The summed E-state index contributed by atoms with van der Waals surface area (Å²) in [5.74, 6) is 0.612. The minimum absolute atomic E-state index is 0.122. The van der Waals surface area contributed by atoms with Crippen molar-refractivity contribution >= 4 is 45.5 Å². The van der Waals surface area contributed by atoms with Crippen molar-refractivity contribution in [3.63, 3.8) is 0 Å². The van der Waals surface area contributed by atoms with E-state index in [1.54, 1.807) is 0 Å². The molecule has 2 unspecified atom stereocenters. The van der Waals surface area contributed by atoms with Crippen molar-refractivity contribution in [2.24, 2.45) is 5.92 Å². The third-order valence-corrected chi connectivity index (χ3v) is 5.85. The first-order valence-electron chi connectivity index (χ1n) is 8.88. The summed E-state index contributed by atoms with van der Waals surface area (Å²) in [6, 6.07) is 1.46. The molecule has 3 rings (SSSR count). The van der Waals surface area contributed by atoms with E-state index in [1.165, 1.54) is 24.8 Å². The maximum atomic E-state index is 12.5. The van der Waals surface area contributed by atoms with Crippen molar-refractivity contribution in [2.45, 2.75) is 39.7 Å². The highest BCUT2D eigenvalue weighted by Crippen LogP contribution is 2.37. The lowest BCUT2D eigenvalue weighted by Gasteiger charge is -2.30. The van der Waals surface area contributed by atoms with Gasteiger partial charge in [-0.1, -0.05) is 27.2 Å². The molecular weight excluding hydrogens is 366 g/mol. The Balaban J connectivity index is 1.94. The molecule has 0 spiro atoms. The molecule has 3 heterocycles. The van der Waals surface area contributed by atoms with Gasteiger partial charge in [0.1, 0.15) is 23.1 Å². The third-order valence-electron chi connectivity index (χ3n) is 4.65. The summed E-state index contributed by atoms with van der Waals surface area (Å²) in [7, 11) is 1.35. The Morgan fingerprint density at radius 1 is 1.41 bits per heavy atom. The molecule has 2 aromatic heterocycles. The van der Waals surface area contributed by atoms with Crippen molar-refractivity contribution in [3.05, 3.63) is 22.8 Å². The van der Waals surface area contributed by atoms with E-state index in [0.717, 1.165) is 17.7 Å². The number of carbonyl (C=O) groups is 2. The predicted octanol–water partition coefficient (Wildman–Crippen LogP) is 3.41. The lowest BCUT2D eigenvalue weighted by atomic mass is 9.97. The summed E-state index contributed by atoms with van der Waals surface area (Å²) in [4.78, 5) is 34.1. The van der Waals surface area contributed by atoms with Gasteiger partial charge in [0, 0.05) is 4.88 Å². The molecule has 0 saturated carbocycles. The van der Waals surface area contributed by atoms with Crippen molar-refractivity contribution in [2.75, 3.05) is 23.1 Å². The largest absolute Gasteiger partial charge is 0.465 e. The van der Waals surface area contributed by atoms with E-state index in [9.17, 15) is 9.59 Å². The van der Waals surface area contributed by atoms with Gasteiger partial charge in [0.15, 0.2) is 11.6 Å². The number of rotatable bonds is 6. The number of aromatic nitrogens is 2. The van der Waals surface area contributed by atoms with Gasteiger partial charge in [-0.25, -0.2) is 14.8 Å². The second kappa shape index (κ2) is 7.91. The number of fused-ring (bicyclic) bond motifs is 1. The number of anilines is 4. The summed E-state index contributed by atoms with van der Waals surface area (Å²) < 4.78 is 4.87. The van der Waals surface area contributed by atoms with E-state index in [4.69, 9.17) is 4.74 Å². The number of amides is 1. The molecule has 27 heavy (non-hydrogen) atoms. The van der Waals surface area contributed by atoms with E-state index in [-0.39, 0.29) is 17.9 Å². The first-order valence-corrected chi connectivity index (χ1v) is 9.70. The van der Waals surface area contributed by atoms with E-state index in [2.05, 4.69) is 25.9 Å². The third kappa shape index (κ3) is 3.73. The number of methoxy groups -OCH3 is 1. The predicted molar refractivity (Wildman–Crippen MR) is 106 cm³/mol. The number of thiophene rings is 1. The van der Waals surface area contributed by atoms with Crippen LogP contribution in [0.25, 0.3) is 0 Å². The topological polar surface area (TPSA) is 105 Å². The van der Waals surface area contributed by atoms with Gasteiger partial charge >= 0.3 is 5.97 Å². The highest BCUT2D eigenvalue weighted by molar-refractivity contribution is 7.16. The number of aryl methyl sites for hydroxylation is 1. The Bertz CT molecular complexity index is 867. The Hall–Kier alpha value is -2.68. The maximum Gasteiger partial charge on any atom is 0.340 e. The van der Waals surface area contributed by atoms with Crippen LogP contribution < -0.4 is 16.0 Å². The fourth-order valence-electron chi connectivity index (χ4n) is 2.84. The van der Waals surface area contributed by atoms with Gasteiger partial charge in [-0.15, -0.1) is 11.3 Å². The first-order chi connectivity index (χ1) is 13.0. The molecule has 0 radical (unpaired) electrons. The SMILES string of the molecule is CCc1cc(C(=O)OC)c(Nc2ncnc3c2NC(=O)C(C(C)CC)N3)s1. The number of carbonyl (C=O) groups excluding carboxylic acids is 2. The molecule has 0 fully saturated rings. The van der Waals surface area contributed by atoms with E-state index in [1.807, 2.05) is 26.8 Å². The van der Waals surface area contributed by atoms with E-state index < -0.39 is 5.97 Å². The molecule has 0 aliphatic carbocycles. The van der Waals surface area contributed by atoms with Crippen LogP contribution in [0.3, 0.4) is 0 Å². The molecule has 2 aromatic rings. The Morgan fingerprint density at radius 3 is 2.85 bits per heavy atom. The molecule has 3 N–H and O–H groups in total. The van der Waals surface area contributed by atoms with Crippen LogP contribution in [-0.4, -0.2) is 35.0 Å². The summed E-state index contributed by atoms with van der Waals surface area (Å²) in [6.07, 6.45) is 3.09. The van der Waals surface area contributed by atoms with Crippen LogP contribution in [0.15, 0.2) is 12.4 Å². The van der Waals surface area contributed by atoms with Gasteiger partial charge in [0.2, 0.25) is 5.91 Å². The average molecular weight is 389 g/mol. The van der Waals surface area contributed by atoms with Crippen LogP contribution in [-0.2, 0) is 16.0 Å². The quantitative estimate of drug-likeness (QED) is 0.650. The minimum atomic E-state index is -0.421. The van der Waals surface area contributed by atoms with Crippen molar-refractivity contribution in [1.29, 1.82) is 0 Å². The van der Waals surface area contributed by atoms with Gasteiger partial charge in [-0.05, 0) is 18.4 Å². The van der Waals surface area contributed by atoms with Gasteiger partial charge < -0.3 is 20.7 Å². The van der Waals surface area contributed by atoms with Gasteiger partial charge in [-0.3, -0.25) is 4.79 Å². The van der Waals surface area contributed by atoms with Gasteiger partial charge in [-0.2, -0.15) is 0 Å². The molecule has 1 aliphatic rings. The molecule has 1 amide bonds. The standard InChI is InChI=1S/C18H23N5O3S/c1-5-9(3)12-16(24)22-13-14(21-12)19-8-20-15(13)23-17-11(18(25)26-4)7-10(6-2)27-17/h7-9,12H,5-6H2,1-4H3,(H,22,24)(H2,19,20,21,23). The molecule has 1 aliphatic heterocycles. The average Bonchev–Trinajstić information content (AvgIpc) is 3.09. The number of ether oxygens (including phenoxy) is 1. The van der Waals surface area contributed by atoms with Gasteiger partial charge in [0.05, 0.1) is 12.7 Å². The Morgan fingerprint density at radius 2 is 2.19 bits per heavy atom. The zero-order valence-corrected chi connectivity index (χ0v) is 16.6. The fourth-order valence-corrected chi connectivity index (χ4v) is 3.82. The fraction of sp³-hybridized carbons (Fsp3) is 0.444. The number of hydrogen-bond acceptors (Lipinski definition) is 8. The molecule has 0 aromatic carbocycles. The molecule has 0 saturated heterocycles. The maximum absolute atomic E-state index is 12.5. The Kier molecular flexibility index (Phi) is 5.59. The monoisotopic (exact) mass is 389 g/mol. The van der Waals surface area contributed by atoms with E-state index in [0.29, 0.717) is 27.9 Å². The molecule has 8 nitrogen and oxygen atoms in total. The molecule has 9 heteroatoms. The second-order valence-electron chi connectivity index (χ2n) is 6.37. The summed E-state index contributed by atoms with van der Waals surface area (Å²) in [5.41, 5.74) is 0.920. The Labute approximate surface area is 161 Å². The smallest absolute Gasteiger partial charge is 0.340 e. The van der Waals surface area contributed by atoms with Crippen LogP contribution in [0.5, 0.6) is 0 Å². The summed E-state index contributed by atoms with van der Waals surface area (Å²) in [6.45, 7) is 6.07. The zero-order chi connectivity index (χ0) is 19.6. The van der Waals surface area contributed by atoms with Crippen LogP contribution in [0, 0.1) is 5.92 Å². The number of nitrogens with zero attached hydrogens (tertiary/aromatic N) is 2. The minimum Gasteiger partial charge on any atom is -0.465 e. The van der Waals surface area contributed by atoms with Crippen LogP contribution in [0.2, 0.25) is 0 Å². The number of esters is 1. The summed E-state index contributed by atoms with van der Waals surface area (Å²) in [5, 5.41) is 9.88. The number of hydrogen-bond donors (Lipinski definition) is 3. The van der Waals surface area contributed by atoms with Crippen molar-refractivity contribution in [1.82, 2.24) is 9.97 Å². The highest BCUT2D eigenvalue weighted by atomic mass is 32.1. The van der Waals surface area contributed by atoms with Crippen LogP contribution in [0.4, 0.5) is 22.3 Å². The lowest BCUT2D eigenvalue weighted by Crippen LogP contribution is -2.43. The lowest BCUT2D eigenvalue weighted by molar-refractivity contribution is -0.118. The second-order valence-corrected chi connectivity index (χ2v) is 7.51. The number of nitrogens with one attached hydrogen (secondary N) is 3. The van der Waals surface area contributed by atoms with Crippen LogP contribution >= 0.6 is 11.3 Å². The molecular formula is C18H23N5O3S. The first kappa shape index (κ1) is 19.1. The molecule has 144 valence electrons. The highest BCUT2D eigenvalue weighted by Gasteiger charge is 2.32. The van der Waals surface area contributed by atoms with Crippen molar-refractivity contribution < 1.29 is 14.3 Å². The van der Waals surface area contributed by atoms with Crippen molar-refractivity contribution in [3.8, 4) is 0 Å². The molecule has 2 atom stereocenters. The normalized spacial score (nSPS) is 16.7. The van der Waals surface area contributed by atoms with Crippen LogP contribution in [0.1, 0.15) is 42.4 Å². The molecule has 0 bridgehead atoms. The zero-order valence-electron chi connectivity index (χ0n) is 15.8. The summed E-state index contributed by atoms with van der Waals surface area (Å²) >= 11 is 1.45. The van der Waals surface area contributed by atoms with E-state index >= 15 is 0 Å².